The molecular formula is C33H48ClN3O6. The van der Waals surface area contributed by atoms with E-state index in [1.807, 2.05) is 59.7 Å². The Kier molecular flexibility index (Phi) is 14.3. The lowest BCUT2D eigenvalue weighted by atomic mass is 9.91. The van der Waals surface area contributed by atoms with Crippen LogP contribution in [-0.2, 0) is 23.9 Å². The predicted octanol–water partition coefficient (Wildman–Crippen LogP) is 6.89. The molecule has 1 aromatic carbocycles. The molecule has 2 N–H and O–H groups in total. The lowest BCUT2D eigenvalue weighted by molar-refractivity contribution is -0.153. The largest absolute Gasteiger partial charge is 0.481 e. The minimum absolute atomic E-state index is 0.0738. The number of hydrogen-bond donors (Lipinski definition) is 2. The molecule has 43 heavy (non-hydrogen) atoms. The van der Waals surface area contributed by atoms with Crippen LogP contribution < -0.4 is 10.2 Å². The monoisotopic (exact) mass is 617 g/mol. The third-order valence-electron chi connectivity index (χ3n) is 7.63. The Morgan fingerprint density at radius 3 is 2.09 bits per heavy atom. The lowest BCUT2D eigenvalue weighted by Crippen LogP contribution is -2.31. The van der Waals surface area contributed by atoms with E-state index in [9.17, 15) is 19.2 Å². The molecule has 238 valence electrons. The number of Topliss-reactive ketones (excluding diaryl/α,β-unsaturated/α-hetero) is 1. The van der Waals surface area contributed by atoms with E-state index >= 15 is 0 Å². The quantitative estimate of drug-likeness (QED) is 0.193. The lowest BCUT2D eigenvalue weighted by Gasteiger charge is -2.25. The minimum Gasteiger partial charge on any atom is -0.481 e. The molecule has 0 spiro atoms. The highest BCUT2D eigenvalue weighted by atomic mass is 35.5. The van der Waals surface area contributed by atoms with E-state index in [2.05, 4.69) is 17.1 Å². The number of rotatable bonds is 12. The predicted molar refractivity (Wildman–Crippen MR) is 173 cm³/mol. The molecule has 1 amide bonds. The number of likely N-dealkylation sites (N-methyl/N-ethyl adjacent to an activating group) is 1. The SMILES string of the molecule is CCC(C)(C)C(=O)O.CCC1=C(Cl)C(=O)C(NC(C)=O)=CC1=Nc1ccc(N(CC)CCOC(=O)C(C)(C)CC)cc1C. The number of aliphatic imine (C=N–C) groups is 1. The third kappa shape index (κ3) is 10.6. The molecule has 0 aliphatic heterocycles. The summed E-state index contributed by atoms with van der Waals surface area (Å²) >= 11 is 6.32. The smallest absolute Gasteiger partial charge is 0.311 e. The van der Waals surface area contributed by atoms with Gasteiger partial charge in [0.05, 0.1) is 39.5 Å². The highest BCUT2D eigenvalue weighted by Crippen LogP contribution is 2.30. The summed E-state index contributed by atoms with van der Waals surface area (Å²) in [4.78, 5) is 53.4. The third-order valence-corrected chi connectivity index (χ3v) is 8.03. The second kappa shape index (κ2) is 16.4. The molecule has 0 heterocycles. The Hall–Kier alpha value is -3.46. The van der Waals surface area contributed by atoms with E-state index in [0.717, 1.165) is 29.9 Å². The number of carbonyl (C=O) groups excluding carboxylic acids is 3. The number of anilines is 1. The number of carbonyl (C=O) groups is 4. The molecule has 0 aromatic heterocycles. The van der Waals surface area contributed by atoms with Crippen LogP contribution in [0.1, 0.15) is 87.1 Å². The van der Waals surface area contributed by atoms with E-state index in [1.54, 1.807) is 19.9 Å². The first-order valence-electron chi connectivity index (χ1n) is 14.7. The summed E-state index contributed by atoms with van der Waals surface area (Å²) in [6.45, 7) is 20.0. The van der Waals surface area contributed by atoms with E-state index in [0.29, 0.717) is 37.3 Å². The molecule has 1 aliphatic rings. The molecule has 0 atom stereocenters. The zero-order valence-corrected chi connectivity index (χ0v) is 28.1. The van der Waals surface area contributed by atoms with Crippen molar-refractivity contribution in [2.45, 2.75) is 88.5 Å². The van der Waals surface area contributed by atoms with E-state index in [1.165, 1.54) is 6.92 Å². The summed E-state index contributed by atoms with van der Waals surface area (Å²) in [5, 5.41) is 11.1. The van der Waals surface area contributed by atoms with Crippen molar-refractivity contribution in [2.24, 2.45) is 15.8 Å². The van der Waals surface area contributed by atoms with Crippen molar-refractivity contribution >= 4 is 52.3 Å². The maximum absolute atomic E-state index is 12.5. The van der Waals surface area contributed by atoms with Crippen molar-refractivity contribution in [1.29, 1.82) is 0 Å². The van der Waals surface area contributed by atoms with Gasteiger partial charge in [-0.3, -0.25) is 19.2 Å². The first kappa shape index (κ1) is 37.6. The van der Waals surface area contributed by atoms with Gasteiger partial charge in [-0.15, -0.1) is 0 Å². The molecule has 1 aromatic rings. The van der Waals surface area contributed by atoms with Gasteiger partial charge in [0.2, 0.25) is 11.7 Å². The number of benzene rings is 1. The van der Waals surface area contributed by atoms with Crippen LogP contribution in [-0.4, -0.2) is 54.1 Å². The first-order chi connectivity index (χ1) is 19.9. The molecule has 2 rings (SSSR count). The number of halogens is 1. The van der Waals surface area contributed by atoms with Gasteiger partial charge >= 0.3 is 11.9 Å². The van der Waals surface area contributed by atoms with Gasteiger partial charge in [0.25, 0.3) is 0 Å². The number of ketones is 1. The van der Waals surface area contributed by atoms with E-state index in [4.69, 9.17) is 26.4 Å². The van der Waals surface area contributed by atoms with Crippen molar-refractivity contribution in [2.75, 3.05) is 24.6 Å². The Balaban J connectivity index is 0.00000101. The summed E-state index contributed by atoms with van der Waals surface area (Å²) in [5.41, 5.74) is 2.95. The van der Waals surface area contributed by atoms with Gasteiger partial charge in [0.15, 0.2) is 0 Å². The second-order valence-corrected chi connectivity index (χ2v) is 12.1. The summed E-state index contributed by atoms with van der Waals surface area (Å²) in [6, 6.07) is 5.91. The zero-order chi connectivity index (χ0) is 33.1. The number of carboxylic acid groups (broad SMARTS) is 1. The number of nitrogens with zero attached hydrogens (tertiary/aromatic N) is 2. The normalized spacial score (nSPS) is 14.5. The molecule has 0 saturated carbocycles. The second-order valence-electron chi connectivity index (χ2n) is 11.7. The molecule has 10 heteroatoms. The van der Waals surface area contributed by atoms with Crippen molar-refractivity contribution in [3.63, 3.8) is 0 Å². The highest BCUT2D eigenvalue weighted by molar-refractivity contribution is 6.49. The van der Waals surface area contributed by atoms with Crippen molar-refractivity contribution in [3.8, 4) is 0 Å². The Morgan fingerprint density at radius 1 is 1.05 bits per heavy atom. The van der Waals surface area contributed by atoms with E-state index in [-0.39, 0.29) is 22.6 Å². The minimum atomic E-state index is -0.722. The zero-order valence-electron chi connectivity index (χ0n) is 27.3. The van der Waals surface area contributed by atoms with Crippen LogP contribution >= 0.6 is 11.6 Å². The van der Waals surface area contributed by atoms with E-state index < -0.39 is 22.6 Å². The van der Waals surface area contributed by atoms with Crippen LogP contribution in [0.15, 0.2) is 45.6 Å². The fourth-order valence-corrected chi connectivity index (χ4v) is 4.01. The number of hydrogen-bond acceptors (Lipinski definition) is 7. The molecule has 0 fully saturated rings. The van der Waals surface area contributed by atoms with Gasteiger partial charge in [0.1, 0.15) is 6.61 Å². The van der Waals surface area contributed by atoms with Gasteiger partial charge in [0, 0.05) is 24.7 Å². The van der Waals surface area contributed by atoms with Crippen LogP contribution in [0.25, 0.3) is 0 Å². The van der Waals surface area contributed by atoms with Crippen molar-refractivity contribution in [1.82, 2.24) is 5.32 Å². The number of aliphatic carboxylic acids is 1. The number of esters is 1. The van der Waals surface area contributed by atoms with Gasteiger partial charge < -0.3 is 20.1 Å². The number of allylic oxidation sites excluding steroid dienone is 3. The van der Waals surface area contributed by atoms with Crippen molar-refractivity contribution < 1.29 is 29.0 Å². The Morgan fingerprint density at radius 2 is 1.65 bits per heavy atom. The van der Waals surface area contributed by atoms with Crippen LogP contribution in [0.3, 0.4) is 0 Å². The number of carboxylic acids is 1. The number of aryl methyl sites for hydroxylation is 1. The highest BCUT2D eigenvalue weighted by Gasteiger charge is 2.28. The topological polar surface area (TPSA) is 125 Å². The average Bonchev–Trinajstić information content (AvgIpc) is 2.95. The van der Waals surface area contributed by atoms with Crippen LogP contribution in [0, 0.1) is 17.8 Å². The first-order valence-corrected chi connectivity index (χ1v) is 15.1. The molecule has 0 bridgehead atoms. The molecule has 0 unspecified atom stereocenters. The molecule has 0 saturated heterocycles. The number of nitrogens with one attached hydrogen (secondary N) is 1. The molecule has 0 radical (unpaired) electrons. The molecule has 1 aliphatic carbocycles. The maximum Gasteiger partial charge on any atom is 0.311 e. The standard InChI is InChI=1S/C27H36ClN3O4.C6H12O2/c1-8-20-22(16-23(29-18(5)32)25(33)24(20)28)30-21-12-11-19(15-17(21)4)31(10-3)13-14-35-26(34)27(6,7)9-2;1-4-6(2,3)5(7)8/h11-12,15-16H,8-10,13-14H2,1-7H3,(H,29,32);4H2,1-3H3,(H,7,8). The summed E-state index contributed by atoms with van der Waals surface area (Å²) in [5.74, 6) is -1.67. The Labute approximate surface area is 261 Å². The average molecular weight is 618 g/mol. The van der Waals surface area contributed by atoms with Gasteiger partial charge in [-0.25, -0.2) is 4.99 Å². The summed E-state index contributed by atoms with van der Waals surface area (Å²) < 4.78 is 5.50. The van der Waals surface area contributed by atoms with Crippen LogP contribution in [0.5, 0.6) is 0 Å². The number of ether oxygens (including phenoxy) is 1. The number of amides is 1. The van der Waals surface area contributed by atoms with Crippen LogP contribution in [0.2, 0.25) is 0 Å². The summed E-state index contributed by atoms with van der Waals surface area (Å²) in [6.07, 6.45) is 3.51. The fourth-order valence-electron chi connectivity index (χ4n) is 3.68. The fraction of sp³-hybridized carbons (Fsp3) is 0.545. The van der Waals surface area contributed by atoms with Crippen molar-refractivity contribution in [3.05, 3.63) is 46.1 Å². The van der Waals surface area contributed by atoms with Gasteiger partial charge in [-0.05, 0) is 90.6 Å². The van der Waals surface area contributed by atoms with Gasteiger partial charge in [-0.2, -0.15) is 0 Å². The van der Waals surface area contributed by atoms with Crippen LogP contribution in [0.4, 0.5) is 11.4 Å². The summed E-state index contributed by atoms with van der Waals surface area (Å²) in [7, 11) is 0. The van der Waals surface area contributed by atoms with Gasteiger partial charge in [-0.1, -0.05) is 32.4 Å². The Bertz CT molecular complexity index is 1290. The maximum atomic E-state index is 12.5. The molecule has 9 nitrogen and oxygen atoms in total. The molecular weight excluding hydrogens is 570 g/mol.